The molecule has 3 nitrogen and oxygen atoms in total. The smallest absolute Gasteiger partial charge is 0.0678 e. The molecule has 2 aliphatic carbocycles. The second-order valence-corrected chi connectivity index (χ2v) is 7.79. The number of ether oxygens (including phenoxy) is 1. The Morgan fingerprint density at radius 3 is 2.52 bits per heavy atom. The lowest BCUT2D eigenvalue weighted by Gasteiger charge is -2.40. The molecule has 2 aliphatic heterocycles. The topological polar surface area (TPSA) is 15.7 Å². The Morgan fingerprint density at radius 1 is 1.19 bits per heavy atom. The van der Waals surface area contributed by atoms with Crippen molar-refractivity contribution in [2.45, 2.75) is 44.9 Å². The third kappa shape index (κ3) is 2.39. The van der Waals surface area contributed by atoms with E-state index in [2.05, 4.69) is 48.9 Å². The zero-order chi connectivity index (χ0) is 14.6. The van der Waals surface area contributed by atoms with E-state index in [0.717, 1.165) is 19.0 Å². The highest BCUT2D eigenvalue weighted by atomic mass is 16.5. The van der Waals surface area contributed by atoms with Crippen LogP contribution in [0.3, 0.4) is 0 Å². The van der Waals surface area contributed by atoms with E-state index in [0.29, 0.717) is 23.7 Å². The predicted octanol–water partition coefficient (Wildman–Crippen LogP) is 2.30. The molecule has 0 bridgehead atoms. The minimum absolute atomic E-state index is 0.363. The van der Waals surface area contributed by atoms with Crippen LogP contribution in [0.2, 0.25) is 0 Å². The minimum atomic E-state index is 0.363. The van der Waals surface area contributed by atoms with Gasteiger partial charge in [-0.25, -0.2) is 0 Å². The van der Waals surface area contributed by atoms with Gasteiger partial charge in [-0.2, -0.15) is 0 Å². The van der Waals surface area contributed by atoms with E-state index in [4.69, 9.17) is 4.74 Å². The van der Waals surface area contributed by atoms with E-state index < -0.39 is 0 Å². The first-order valence-corrected chi connectivity index (χ1v) is 8.54. The van der Waals surface area contributed by atoms with Gasteiger partial charge in [0.1, 0.15) is 0 Å². The fourth-order valence-electron chi connectivity index (χ4n) is 4.92. The van der Waals surface area contributed by atoms with Crippen molar-refractivity contribution >= 4 is 0 Å². The fourth-order valence-corrected chi connectivity index (χ4v) is 4.92. The van der Waals surface area contributed by atoms with Crippen LogP contribution in [0.4, 0.5) is 0 Å². The average Bonchev–Trinajstić information content (AvgIpc) is 3.01. The van der Waals surface area contributed by atoms with Gasteiger partial charge >= 0.3 is 0 Å². The molecule has 0 N–H and O–H groups in total. The molecule has 3 heteroatoms. The molecule has 116 valence electrons. The van der Waals surface area contributed by atoms with Crippen LogP contribution in [-0.2, 0) is 4.74 Å². The first kappa shape index (κ1) is 14.0. The maximum atomic E-state index is 5.86. The number of hydrogen-bond donors (Lipinski definition) is 0. The van der Waals surface area contributed by atoms with Gasteiger partial charge in [0.2, 0.25) is 0 Å². The van der Waals surface area contributed by atoms with Gasteiger partial charge in [0.15, 0.2) is 0 Å². The lowest BCUT2D eigenvalue weighted by Crippen LogP contribution is -2.49. The molecule has 0 aromatic heterocycles. The number of morpholine rings is 1. The van der Waals surface area contributed by atoms with E-state index in [1.54, 1.807) is 5.57 Å². The third-order valence-electron chi connectivity index (χ3n) is 5.89. The largest absolute Gasteiger partial charge is 0.373 e. The number of piperidine rings is 1. The first-order valence-electron chi connectivity index (χ1n) is 8.54. The lowest BCUT2D eigenvalue weighted by atomic mass is 9.88. The quantitative estimate of drug-likeness (QED) is 0.775. The average molecular weight is 288 g/mol. The van der Waals surface area contributed by atoms with E-state index >= 15 is 0 Å². The van der Waals surface area contributed by atoms with Crippen molar-refractivity contribution in [2.24, 2.45) is 11.3 Å². The van der Waals surface area contributed by atoms with Crippen LogP contribution >= 0.6 is 0 Å². The van der Waals surface area contributed by atoms with Crippen LogP contribution in [0, 0.1) is 11.3 Å². The molecule has 5 atom stereocenters. The molecule has 3 fully saturated rings. The Balaban J connectivity index is 1.42. The monoisotopic (exact) mass is 288 g/mol. The Kier molecular flexibility index (Phi) is 3.29. The molecular weight excluding hydrogens is 260 g/mol. The van der Waals surface area contributed by atoms with Crippen LogP contribution in [0.25, 0.3) is 0 Å². The molecule has 0 radical (unpaired) electrons. The summed E-state index contributed by atoms with van der Waals surface area (Å²) in [5, 5.41) is 0. The number of hydrogen-bond acceptors (Lipinski definition) is 3. The Morgan fingerprint density at radius 2 is 1.95 bits per heavy atom. The van der Waals surface area contributed by atoms with Crippen molar-refractivity contribution in [3.63, 3.8) is 0 Å². The van der Waals surface area contributed by atoms with Crippen molar-refractivity contribution in [3.05, 3.63) is 23.8 Å². The molecule has 2 heterocycles. The van der Waals surface area contributed by atoms with Crippen molar-refractivity contribution in [2.75, 3.05) is 33.2 Å². The van der Waals surface area contributed by atoms with Gasteiger partial charge in [0.25, 0.3) is 0 Å². The van der Waals surface area contributed by atoms with Gasteiger partial charge in [-0.15, -0.1) is 0 Å². The highest BCUT2D eigenvalue weighted by Crippen LogP contribution is 2.62. The summed E-state index contributed by atoms with van der Waals surface area (Å²) in [6.07, 6.45) is 10.8. The molecule has 0 spiro atoms. The zero-order valence-corrected chi connectivity index (χ0v) is 13.6. The van der Waals surface area contributed by atoms with E-state index in [9.17, 15) is 0 Å². The number of likely N-dealkylation sites (tertiary alicyclic amines) is 1. The second-order valence-electron chi connectivity index (χ2n) is 7.79. The molecule has 2 saturated heterocycles. The molecule has 0 amide bonds. The summed E-state index contributed by atoms with van der Waals surface area (Å²) < 4.78 is 5.86. The van der Waals surface area contributed by atoms with Crippen LogP contribution < -0.4 is 0 Å². The molecule has 21 heavy (non-hydrogen) atoms. The summed E-state index contributed by atoms with van der Waals surface area (Å²) in [6, 6.07) is 0.579. The second kappa shape index (κ2) is 4.94. The number of nitrogens with zero attached hydrogens (tertiary/aromatic N) is 2. The number of rotatable bonds is 2. The van der Waals surface area contributed by atoms with Crippen LogP contribution in [0.5, 0.6) is 0 Å². The normalized spacial score (nSPS) is 47.3. The van der Waals surface area contributed by atoms with Gasteiger partial charge in [-0.3, -0.25) is 4.90 Å². The van der Waals surface area contributed by atoms with E-state index in [1.165, 1.54) is 25.9 Å². The maximum absolute atomic E-state index is 5.86. The third-order valence-corrected chi connectivity index (χ3v) is 5.89. The molecule has 0 aromatic carbocycles. The summed E-state index contributed by atoms with van der Waals surface area (Å²) in [7, 11) is 2.26. The summed E-state index contributed by atoms with van der Waals surface area (Å²) in [5.74, 6) is 0.929. The highest BCUT2D eigenvalue weighted by molar-refractivity contribution is 5.40. The highest BCUT2D eigenvalue weighted by Gasteiger charge is 2.60. The fraction of sp³-hybridized carbons (Fsp3) is 0.778. The van der Waals surface area contributed by atoms with Crippen molar-refractivity contribution in [3.8, 4) is 0 Å². The molecule has 1 saturated carbocycles. The van der Waals surface area contributed by atoms with Crippen LogP contribution in [0.15, 0.2) is 23.8 Å². The van der Waals surface area contributed by atoms with Crippen molar-refractivity contribution < 1.29 is 4.74 Å². The maximum Gasteiger partial charge on any atom is 0.0678 e. The standard InChI is InChI=1S/C18H28N2O/c1-13-9-20(10-14(2)21-13)17-6-4-15(5-7-17)18-8-16(18)11-19(3)12-18/h4-6,13-14,16-17H,7-12H2,1-3H3. The van der Waals surface area contributed by atoms with Crippen molar-refractivity contribution in [1.82, 2.24) is 9.80 Å². The molecular formula is C18H28N2O. The van der Waals surface area contributed by atoms with Crippen LogP contribution in [-0.4, -0.2) is 61.3 Å². The van der Waals surface area contributed by atoms with Gasteiger partial charge in [-0.1, -0.05) is 18.2 Å². The SMILES string of the molecule is CC1CN(C2C=CC(C34CC3CN(C)C4)=CC2)CC(C)O1. The van der Waals surface area contributed by atoms with E-state index in [-0.39, 0.29) is 0 Å². The molecule has 5 unspecified atom stereocenters. The van der Waals surface area contributed by atoms with Crippen LogP contribution in [0.1, 0.15) is 26.7 Å². The van der Waals surface area contributed by atoms with Gasteiger partial charge in [0.05, 0.1) is 12.2 Å². The van der Waals surface area contributed by atoms with Gasteiger partial charge in [-0.05, 0) is 45.2 Å². The Labute approximate surface area is 128 Å². The van der Waals surface area contributed by atoms with Gasteiger partial charge < -0.3 is 9.64 Å². The van der Waals surface area contributed by atoms with Gasteiger partial charge in [0, 0.05) is 37.6 Å². The minimum Gasteiger partial charge on any atom is -0.373 e. The number of allylic oxidation sites excluding steroid dienone is 1. The zero-order valence-electron chi connectivity index (χ0n) is 13.6. The molecule has 4 rings (SSSR count). The summed E-state index contributed by atoms with van der Waals surface area (Å²) in [4.78, 5) is 5.10. The Hall–Kier alpha value is -0.640. The predicted molar refractivity (Wildman–Crippen MR) is 85.2 cm³/mol. The lowest BCUT2D eigenvalue weighted by molar-refractivity contribution is -0.0751. The molecule has 0 aromatic rings. The Bertz CT molecular complexity index is 476. The summed E-state index contributed by atoms with van der Waals surface area (Å²) in [5.41, 5.74) is 2.16. The summed E-state index contributed by atoms with van der Waals surface area (Å²) >= 11 is 0. The molecule has 4 aliphatic rings. The first-order chi connectivity index (χ1) is 10.1. The number of fused-ring (bicyclic) bond motifs is 1. The van der Waals surface area contributed by atoms with Crippen molar-refractivity contribution in [1.29, 1.82) is 0 Å². The van der Waals surface area contributed by atoms with E-state index in [1.807, 2.05) is 0 Å². The summed E-state index contributed by atoms with van der Waals surface area (Å²) in [6.45, 7) is 9.09.